The molecule has 0 saturated carbocycles. The first-order valence-electron chi connectivity index (χ1n) is 6.66. The summed E-state index contributed by atoms with van der Waals surface area (Å²) in [6.45, 7) is 10.5. The van der Waals surface area contributed by atoms with Crippen molar-refractivity contribution in [3.05, 3.63) is 40.4 Å². The SMILES string of the molecule is Cc1ccc(-c2nc(C(C)C)c(C(C)(C)N)s2)cc1. The topological polar surface area (TPSA) is 38.9 Å². The molecule has 1 aromatic heterocycles. The normalized spacial score (nSPS) is 12.2. The molecule has 19 heavy (non-hydrogen) atoms. The Morgan fingerprint density at radius 2 is 1.74 bits per heavy atom. The summed E-state index contributed by atoms with van der Waals surface area (Å²) in [5, 5.41) is 1.07. The van der Waals surface area contributed by atoms with Crippen LogP contribution in [0.5, 0.6) is 0 Å². The number of hydrogen-bond donors (Lipinski definition) is 1. The fourth-order valence-electron chi connectivity index (χ4n) is 2.00. The van der Waals surface area contributed by atoms with Crippen LogP contribution in [0, 0.1) is 6.92 Å². The third-order valence-corrected chi connectivity index (χ3v) is 4.54. The first-order chi connectivity index (χ1) is 8.79. The van der Waals surface area contributed by atoms with Crippen molar-refractivity contribution >= 4 is 11.3 Å². The van der Waals surface area contributed by atoms with Crippen LogP contribution < -0.4 is 5.73 Å². The Bertz CT molecular complexity index is 559. The molecule has 0 spiro atoms. The number of benzene rings is 1. The summed E-state index contributed by atoms with van der Waals surface area (Å²) >= 11 is 1.72. The van der Waals surface area contributed by atoms with Crippen molar-refractivity contribution in [2.75, 3.05) is 0 Å². The van der Waals surface area contributed by atoms with E-state index < -0.39 is 0 Å². The Balaban J connectivity index is 2.52. The van der Waals surface area contributed by atoms with E-state index in [1.165, 1.54) is 16.0 Å². The molecule has 102 valence electrons. The minimum atomic E-state index is -0.333. The van der Waals surface area contributed by atoms with Gasteiger partial charge in [0, 0.05) is 16.0 Å². The minimum absolute atomic E-state index is 0.333. The van der Waals surface area contributed by atoms with E-state index >= 15 is 0 Å². The highest BCUT2D eigenvalue weighted by atomic mass is 32.1. The molecular formula is C16H22N2S. The average molecular weight is 274 g/mol. The van der Waals surface area contributed by atoms with Gasteiger partial charge >= 0.3 is 0 Å². The predicted octanol–water partition coefficient (Wildman–Crippen LogP) is 4.44. The molecule has 0 aliphatic carbocycles. The quantitative estimate of drug-likeness (QED) is 0.899. The smallest absolute Gasteiger partial charge is 0.123 e. The van der Waals surface area contributed by atoms with E-state index in [9.17, 15) is 0 Å². The van der Waals surface area contributed by atoms with Crippen LogP contribution in [0.2, 0.25) is 0 Å². The second-order valence-corrected chi connectivity index (χ2v) is 6.97. The molecule has 0 amide bonds. The molecule has 0 unspecified atom stereocenters. The Morgan fingerprint density at radius 1 is 1.16 bits per heavy atom. The van der Waals surface area contributed by atoms with E-state index in [1.54, 1.807) is 11.3 Å². The van der Waals surface area contributed by atoms with Gasteiger partial charge in [-0.05, 0) is 26.7 Å². The van der Waals surface area contributed by atoms with Crippen molar-refractivity contribution < 1.29 is 0 Å². The monoisotopic (exact) mass is 274 g/mol. The molecule has 0 atom stereocenters. The molecule has 0 bridgehead atoms. The maximum absolute atomic E-state index is 6.28. The van der Waals surface area contributed by atoms with Crippen LogP contribution in [0.4, 0.5) is 0 Å². The van der Waals surface area contributed by atoms with Crippen molar-refractivity contribution in [3.63, 3.8) is 0 Å². The largest absolute Gasteiger partial charge is 0.321 e. The molecule has 0 fully saturated rings. The van der Waals surface area contributed by atoms with Crippen molar-refractivity contribution in [1.82, 2.24) is 4.98 Å². The molecule has 0 aliphatic rings. The van der Waals surface area contributed by atoms with Gasteiger partial charge in [-0.1, -0.05) is 43.7 Å². The second kappa shape index (κ2) is 5.06. The van der Waals surface area contributed by atoms with Gasteiger partial charge in [-0.2, -0.15) is 0 Å². The van der Waals surface area contributed by atoms with Gasteiger partial charge in [-0.15, -0.1) is 11.3 Å². The van der Waals surface area contributed by atoms with Gasteiger partial charge in [0.25, 0.3) is 0 Å². The molecule has 0 radical (unpaired) electrons. The van der Waals surface area contributed by atoms with Crippen LogP contribution in [0.3, 0.4) is 0 Å². The molecule has 3 heteroatoms. The van der Waals surface area contributed by atoms with Gasteiger partial charge in [0.1, 0.15) is 5.01 Å². The summed E-state index contributed by atoms with van der Waals surface area (Å²) in [6.07, 6.45) is 0. The van der Waals surface area contributed by atoms with Crippen LogP contribution >= 0.6 is 11.3 Å². The fraction of sp³-hybridized carbons (Fsp3) is 0.438. The number of nitrogens with zero attached hydrogens (tertiary/aromatic N) is 1. The van der Waals surface area contributed by atoms with Gasteiger partial charge < -0.3 is 5.73 Å². The molecule has 0 aliphatic heterocycles. The van der Waals surface area contributed by atoms with Crippen LogP contribution in [-0.4, -0.2) is 4.98 Å². The first kappa shape index (κ1) is 14.2. The molecule has 2 rings (SSSR count). The number of aromatic nitrogens is 1. The average Bonchev–Trinajstić information content (AvgIpc) is 2.74. The summed E-state index contributed by atoms with van der Waals surface area (Å²) in [5.41, 5.74) is 9.52. The predicted molar refractivity (Wildman–Crippen MR) is 83.6 cm³/mol. The Labute approximate surface area is 119 Å². The standard InChI is InChI=1S/C16H22N2S/c1-10(2)13-14(16(4,5)17)19-15(18-13)12-8-6-11(3)7-9-12/h6-10H,17H2,1-5H3. The van der Waals surface area contributed by atoms with Gasteiger partial charge in [-0.25, -0.2) is 4.98 Å². The van der Waals surface area contributed by atoms with E-state index in [0.717, 1.165) is 10.7 Å². The summed E-state index contributed by atoms with van der Waals surface area (Å²) in [5.74, 6) is 0.397. The van der Waals surface area contributed by atoms with Crippen molar-refractivity contribution in [3.8, 4) is 10.6 Å². The van der Waals surface area contributed by atoms with Gasteiger partial charge in [0.05, 0.1) is 5.69 Å². The highest BCUT2D eigenvalue weighted by Crippen LogP contribution is 2.36. The van der Waals surface area contributed by atoms with Crippen LogP contribution in [0.25, 0.3) is 10.6 Å². The zero-order valence-electron chi connectivity index (χ0n) is 12.3. The number of aryl methyl sites for hydroxylation is 1. The number of thiazole rings is 1. The number of rotatable bonds is 3. The fourth-order valence-corrected chi connectivity index (χ4v) is 3.24. The summed E-state index contributed by atoms with van der Waals surface area (Å²) in [7, 11) is 0. The third kappa shape index (κ3) is 3.04. The lowest BCUT2D eigenvalue weighted by Gasteiger charge is -2.19. The van der Waals surface area contributed by atoms with E-state index in [1.807, 2.05) is 13.8 Å². The Morgan fingerprint density at radius 3 is 2.16 bits per heavy atom. The van der Waals surface area contributed by atoms with Crippen molar-refractivity contribution in [2.24, 2.45) is 5.73 Å². The van der Waals surface area contributed by atoms with Crippen LogP contribution in [0.15, 0.2) is 24.3 Å². The van der Waals surface area contributed by atoms with E-state index in [-0.39, 0.29) is 5.54 Å². The van der Waals surface area contributed by atoms with E-state index in [0.29, 0.717) is 5.92 Å². The molecule has 1 aromatic carbocycles. The Kier molecular flexibility index (Phi) is 3.79. The number of hydrogen-bond acceptors (Lipinski definition) is 3. The lowest BCUT2D eigenvalue weighted by atomic mass is 9.98. The summed E-state index contributed by atoms with van der Waals surface area (Å²) < 4.78 is 0. The highest BCUT2D eigenvalue weighted by Gasteiger charge is 2.25. The molecule has 2 aromatic rings. The third-order valence-electron chi connectivity index (χ3n) is 3.08. The Hall–Kier alpha value is -1.19. The molecule has 2 N–H and O–H groups in total. The second-order valence-electron chi connectivity index (χ2n) is 5.98. The van der Waals surface area contributed by atoms with Crippen molar-refractivity contribution in [1.29, 1.82) is 0 Å². The van der Waals surface area contributed by atoms with Crippen LogP contribution in [0.1, 0.15) is 49.7 Å². The first-order valence-corrected chi connectivity index (χ1v) is 7.48. The number of nitrogens with two attached hydrogens (primary N) is 1. The summed E-state index contributed by atoms with van der Waals surface area (Å²) in [6, 6.07) is 8.51. The molecule has 0 saturated heterocycles. The zero-order valence-corrected chi connectivity index (χ0v) is 13.1. The highest BCUT2D eigenvalue weighted by molar-refractivity contribution is 7.15. The van der Waals surface area contributed by atoms with E-state index in [2.05, 4.69) is 45.0 Å². The molecule has 1 heterocycles. The summed E-state index contributed by atoms with van der Waals surface area (Å²) in [4.78, 5) is 6.01. The molecule has 2 nitrogen and oxygen atoms in total. The van der Waals surface area contributed by atoms with Crippen molar-refractivity contribution in [2.45, 2.75) is 46.1 Å². The van der Waals surface area contributed by atoms with E-state index in [4.69, 9.17) is 10.7 Å². The van der Waals surface area contributed by atoms with Gasteiger partial charge in [0.15, 0.2) is 0 Å². The lowest BCUT2D eigenvalue weighted by Crippen LogP contribution is -2.28. The van der Waals surface area contributed by atoms with Gasteiger partial charge in [0.2, 0.25) is 0 Å². The maximum atomic E-state index is 6.28. The lowest BCUT2D eigenvalue weighted by molar-refractivity contribution is 0.553. The zero-order chi connectivity index (χ0) is 14.2. The minimum Gasteiger partial charge on any atom is -0.321 e. The molecular weight excluding hydrogens is 252 g/mol. The van der Waals surface area contributed by atoms with Gasteiger partial charge in [-0.3, -0.25) is 0 Å². The maximum Gasteiger partial charge on any atom is 0.123 e. The van der Waals surface area contributed by atoms with Crippen LogP contribution in [-0.2, 0) is 5.54 Å².